The van der Waals surface area contributed by atoms with Gasteiger partial charge in [0.2, 0.25) is 5.91 Å². The summed E-state index contributed by atoms with van der Waals surface area (Å²) in [4.78, 5) is 16.9. The van der Waals surface area contributed by atoms with E-state index in [1.165, 1.54) is 4.88 Å². The summed E-state index contributed by atoms with van der Waals surface area (Å²) >= 11 is 1.68. The summed E-state index contributed by atoms with van der Waals surface area (Å²) in [6.07, 6.45) is 3.90. The second-order valence-electron chi connectivity index (χ2n) is 5.02. The molecule has 0 unspecified atom stereocenters. The molecule has 4 nitrogen and oxygen atoms in total. The van der Waals surface area contributed by atoms with Gasteiger partial charge in [-0.3, -0.25) is 9.36 Å². The number of hydrogen-bond acceptors (Lipinski definition) is 3. The van der Waals surface area contributed by atoms with Gasteiger partial charge in [-0.15, -0.1) is 11.3 Å². The highest BCUT2D eigenvalue weighted by molar-refractivity contribution is 7.14. The molecule has 0 saturated carbocycles. The first-order chi connectivity index (χ1) is 9.56. The molecule has 0 atom stereocenters. The molecule has 0 aliphatic rings. The average molecular weight is 285 g/mol. The van der Waals surface area contributed by atoms with Gasteiger partial charge in [0.25, 0.3) is 0 Å². The molecule has 0 fully saturated rings. The Bertz CT molecular complexity index is 785. The van der Waals surface area contributed by atoms with Crippen LogP contribution in [0.2, 0.25) is 0 Å². The van der Waals surface area contributed by atoms with Crippen LogP contribution in [0.25, 0.3) is 16.0 Å². The third kappa shape index (κ3) is 2.10. The second-order valence-corrected chi connectivity index (χ2v) is 6.06. The van der Waals surface area contributed by atoms with Crippen LogP contribution >= 0.6 is 11.3 Å². The number of amides is 1. The highest BCUT2D eigenvalue weighted by atomic mass is 32.1. The van der Waals surface area contributed by atoms with Gasteiger partial charge >= 0.3 is 0 Å². The fourth-order valence-electron chi connectivity index (χ4n) is 2.12. The Balaban J connectivity index is 2.10. The van der Waals surface area contributed by atoms with Gasteiger partial charge < -0.3 is 5.73 Å². The van der Waals surface area contributed by atoms with Crippen LogP contribution in [0.3, 0.4) is 0 Å². The van der Waals surface area contributed by atoms with Gasteiger partial charge in [0.1, 0.15) is 0 Å². The van der Waals surface area contributed by atoms with E-state index < -0.39 is 5.91 Å². The molecule has 0 aliphatic heterocycles. The van der Waals surface area contributed by atoms with Crippen molar-refractivity contribution < 1.29 is 4.79 Å². The van der Waals surface area contributed by atoms with Crippen LogP contribution in [0.15, 0.2) is 36.7 Å². The number of hydrogen-bond donors (Lipinski definition) is 1. The van der Waals surface area contributed by atoms with E-state index in [2.05, 4.69) is 18.8 Å². The molecule has 0 radical (unpaired) electrons. The Morgan fingerprint density at radius 2 is 2.15 bits per heavy atom. The minimum absolute atomic E-state index is 0.406. The quantitative estimate of drug-likeness (QED) is 0.802. The Hall–Kier alpha value is -2.14. The minimum Gasteiger partial charge on any atom is -0.366 e. The van der Waals surface area contributed by atoms with E-state index in [0.29, 0.717) is 11.5 Å². The van der Waals surface area contributed by atoms with Crippen LogP contribution in [-0.2, 0) is 0 Å². The third-order valence-corrected chi connectivity index (χ3v) is 4.56. The number of aromatic nitrogens is 2. The zero-order valence-electron chi connectivity index (χ0n) is 11.3. The molecule has 0 spiro atoms. The largest absolute Gasteiger partial charge is 0.366 e. The van der Waals surface area contributed by atoms with Crippen molar-refractivity contribution in [3.05, 3.63) is 47.1 Å². The van der Waals surface area contributed by atoms with E-state index in [0.717, 1.165) is 16.0 Å². The molecule has 3 rings (SSSR count). The molecule has 2 heterocycles. The number of nitrogens with two attached hydrogens (primary N) is 1. The lowest BCUT2D eigenvalue weighted by molar-refractivity contribution is 0.100. The van der Waals surface area contributed by atoms with Crippen LogP contribution in [0, 0.1) is 0 Å². The highest BCUT2D eigenvalue weighted by Gasteiger charge is 2.10. The topological polar surface area (TPSA) is 60.9 Å². The number of carbonyl (C=O) groups is 1. The fourth-order valence-corrected chi connectivity index (χ4v) is 3.03. The van der Waals surface area contributed by atoms with E-state index >= 15 is 0 Å². The zero-order chi connectivity index (χ0) is 14.3. The van der Waals surface area contributed by atoms with E-state index in [4.69, 9.17) is 5.73 Å². The molecule has 0 bridgehead atoms. The van der Waals surface area contributed by atoms with Crippen molar-refractivity contribution in [1.29, 1.82) is 0 Å². The van der Waals surface area contributed by atoms with Crippen molar-refractivity contribution in [3.8, 4) is 5.13 Å². The number of nitrogens with zero attached hydrogens (tertiary/aromatic N) is 2. The van der Waals surface area contributed by atoms with Crippen LogP contribution < -0.4 is 5.73 Å². The van der Waals surface area contributed by atoms with Gasteiger partial charge in [0.15, 0.2) is 5.13 Å². The summed E-state index contributed by atoms with van der Waals surface area (Å²) in [5.74, 6) is 0.0699. The predicted molar refractivity (Wildman–Crippen MR) is 81.6 cm³/mol. The molecule has 102 valence electrons. The Morgan fingerprint density at radius 3 is 2.80 bits per heavy atom. The molecule has 1 aromatic carbocycles. The normalized spacial score (nSPS) is 11.3. The second kappa shape index (κ2) is 4.76. The summed E-state index contributed by atoms with van der Waals surface area (Å²) in [5.41, 5.74) is 6.86. The molecule has 2 N–H and O–H groups in total. The summed E-state index contributed by atoms with van der Waals surface area (Å²) < 4.78 is 2.04. The lowest BCUT2D eigenvalue weighted by Crippen LogP contribution is -2.10. The number of fused-ring (bicyclic) bond motifs is 1. The molecular formula is C15H15N3OS. The van der Waals surface area contributed by atoms with Crippen LogP contribution in [-0.4, -0.2) is 15.5 Å². The maximum atomic E-state index is 11.2. The molecule has 3 aromatic rings. The summed E-state index contributed by atoms with van der Waals surface area (Å²) in [5, 5.41) is 1.93. The van der Waals surface area contributed by atoms with Gasteiger partial charge in [0.05, 0.1) is 5.52 Å². The molecule has 5 heteroatoms. The summed E-state index contributed by atoms with van der Waals surface area (Å²) in [7, 11) is 0. The number of carbonyl (C=O) groups excluding carboxylic acids is 1. The average Bonchev–Trinajstić information content (AvgIpc) is 3.03. The molecule has 20 heavy (non-hydrogen) atoms. The first kappa shape index (κ1) is 12.9. The zero-order valence-corrected chi connectivity index (χ0v) is 12.1. The fraction of sp³-hybridized carbons (Fsp3) is 0.200. The van der Waals surface area contributed by atoms with Crippen LogP contribution in [0.4, 0.5) is 0 Å². The van der Waals surface area contributed by atoms with Gasteiger partial charge in [-0.2, -0.15) is 0 Å². The lowest BCUT2D eigenvalue weighted by Gasteiger charge is -2.02. The SMILES string of the molecule is CC(C)c1cnc(-n2ccc3cc(C(N)=O)ccc32)s1. The van der Waals surface area contributed by atoms with Crippen molar-refractivity contribution >= 4 is 28.1 Å². The van der Waals surface area contributed by atoms with Crippen molar-refractivity contribution in [3.63, 3.8) is 0 Å². The van der Waals surface area contributed by atoms with Gasteiger partial charge in [-0.05, 0) is 30.2 Å². The Labute approximate surface area is 120 Å². The first-order valence-corrected chi connectivity index (χ1v) is 7.25. The molecule has 2 aromatic heterocycles. The smallest absolute Gasteiger partial charge is 0.248 e. The predicted octanol–water partition coefficient (Wildman–Crippen LogP) is 3.31. The van der Waals surface area contributed by atoms with E-state index in [1.807, 2.05) is 35.2 Å². The van der Waals surface area contributed by atoms with Crippen molar-refractivity contribution in [2.24, 2.45) is 5.73 Å². The standard InChI is InChI=1S/C15H15N3OS/c1-9(2)13-8-17-15(20-13)18-6-5-10-7-11(14(16)19)3-4-12(10)18/h3-9H,1-2H3,(H2,16,19). The molecular weight excluding hydrogens is 270 g/mol. The Morgan fingerprint density at radius 1 is 1.35 bits per heavy atom. The van der Waals surface area contributed by atoms with E-state index in [9.17, 15) is 4.79 Å². The van der Waals surface area contributed by atoms with Crippen molar-refractivity contribution in [2.45, 2.75) is 19.8 Å². The Kier molecular flexibility index (Phi) is 3.06. The van der Waals surface area contributed by atoms with Gasteiger partial charge in [-0.1, -0.05) is 13.8 Å². The number of rotatable bonds is 3. The number of benzene rings is 1. The van der Waals surface area contributed by atoms with E-state index in [-0.39, 0.29) is 0 Å². The molecule has 1 amide bonds. The van der Waals surface area contributed by atoms with Crippen LogP contribution in [0.1, 0.15) is 35.0 Å². The maximum Gasteiger partial charge on any atom is 0.248 e. The third-order valence-electron chi connectivity index (χ3n) is 3.26. The first-order valence-electron chi connectivity index (χ1n) is 6.43. The van der Waals surface area contributed by atoms with Gasteiger partial charge in [-0.25, -0.2) is 4.98 Å². The maximum absolute atomic E-state index is 11.2. The summed E-state index contributed by atoms with van der Waals surface area (Å²) in [6.45, 7) is 4.31. The summed E-state index contributed by atoms with van der Waals surface area (Å²) in [6, 6.07) is 7.44. The monoisotopic (exact) mass is 285 g/mol. The number of thiazole rings is 1. The number of primary amides is 1. The van der Waals surface area contributed by atoms with Gasteiger partial charge in [0, 0.05) is 28.2 Å². The highest BCUT2D eigenvalue weighted by Crippen LogP contribution is 2.28. The van der Waals surface area contributed by atoms with E-state index in [1.54, 1.807) is 17.4 Å². The van der Waals surface area contributed by atoms with Crippen molar-refractivity contribution in [2.75, 3.05) is 0 Å². The molecule has 0 aliphatic carbocycles. The van der Waals surface area contributed by atoms with Crippen molar-refractivity contribution in [1.82, 2.24) is 9.55 Å². The lowest BCUT2D eigenvalue weighted by atomic mass is 10.1. The minimum atomic E-state index is -0.406. The van der Waals surface area contributed by atoms with Crippen LogP contribution in [0.5, 0.6) is 0 Å². The molecule has 0 saturated heterocycles.